The van der Waals surface area contributed by atoms with E-state index in [9.17, 15) is 53.7 Å². The highest BCUT2D eigenvalue weighted by Gasteiger charge is 2.38. The lowest BCUT2D eigenvalue weighted by molar-refractivity contribution is -0.143. The monoisotopic (exact) mass is 1070 g/mol. The summed E-state index contributed by atoms with van der Waals surface area (Å²) >= 11 is 0. The van der Waals surface area contributed by atoms with Gasteiger partial charge in [-0.25, -0.2) is 4.79 Å². The van der Waals surface area contributed by atoms with E-state index in [-0.39, 0.29) is 49.5 Å². The second-order valence-corrected chi connectivity index (χ2v) is 21.1. The number of nitrogens with zero attached hydrogens (tertiary/aromatic N) is 1. The first-order valence-electron chi connectivity index (χ1n) is 24.4. The summed E-state index contributed by atoms with van der Waals surface area (Å²) in [5.74, 6) is -9.96. The van der Waals surface area contributed by atoms with E-state index >= 15 is 4.79 Å². The Balaban J connectivity index is 1.64. The molecule has 24 heteroatoms. The molecule has 2 heterocycles. The van der Waals surface area contributed by atoms with Crippen LogP contribution in [-0.4, -0.2) is 152 Å². The second-order valence-electron chi connectivity index (χ2n) is 18.5. The van der Waals surface area contributed by atoms with Crippen LogP contribution in [-0.2, 0) is 62.4 Å². The Labute approximate surface area is 441 Å². The van der Waals surface area contributed by atoms with E-state index in [1.54, 1.807) is 50.4 Å². The van der Waals surface area contributed by atoms with Crippen molar-refractivity contribution in [2.75, 3.05) is 25.1 Å². The predicted molar refractivity (Wildman–Crippen MR) is 283 cm³/mol. The molecule has 8 atom stereocenters. The van der Waals surface area contributed by atoms with Crippen molar-refractivity contribution in [2.24, 2.45) is 17.4 Å². The molecule has 0 bridgehead atoms. The molecule has 75 heavy (non-hydrogen) atoms. The summed E-state index contributed by atoms with van der Waals surface area (Å²) in [6.07, 6.45) is 1.35. The third-order valence-electron chi connectivity index (χ3n) is 12.5. The van der Waals surface area contributed by atoms with Gasteiger partial charge in [-0.2, -0.15) is 0 Å². The average molecular weight is 1080 g/mol. The number of hydrogen-bond donors (Lipinski definition) is 12. The predicted octanol–water partition coefficient (Wildman–Crippen LogP) is 0.704. The quantitative estimate of drug-likeness (QED) is 0.0482. The molecule has 22 nitrogen and oxygen atoms in total. The number of para-hydroxylation sites is 1. The molecule has 0 saturated carbocycles. The number of nitrogens with two attached hydrogens (primary N) is 2. The van der Waals surface area contributed by atoms with Crippen molar-refractivity contribution in [3.8, 4) is 5.75 Å². The van der Waals surface area contributed by atoms with Crippen molar-refractivity contribution >= 4 is 85.8 Å². The number of hydrogen-bond acceptors (Lipinski definition) is 14. The van der Waals surface area contributed by atoms with Crippen molar-refractivity contribution in [1.29, 1.82) is 0 Å². The van der Waals surface area contributed by atoms with Gasteiger partial charge >= 0.3 is 11.9 Å². The van der Waals surface area contributed by atoms with Crippen molar-refractivity contribution in [2.45, 2.75) is 107 Å². The first kappa shape index (κ1) is 58.7. The number of aromatic amines is 1. The summed E-state index contributed by atoms with van der Waals surface area (Å²) < 4.78 is 0. The van der Waals surface area contributed by atoms with Crippen LogP contribution in [0.15, 0.2) is 85.1 Å². The van der Waals surface area contributed by atoms with Crippen LogP contribution >= 0.6 is 21.6 Å². The minimum absolute atomic E-state index is 0.0488. The van der Waals surface area contributed by atoms with Gasteiger partial charge in [0.15, 0.2) is 0 Å². The number of likely N-dealkylation sites (N-methyl/N-ethyl adjacent to an activating group) is 1. The van der Waals surface area contributed by atoms with Crippen molar-refractivity contribution in [1.82, 2.24) is 41.8 Å². The molecular formula is C51H66N10O12S2. The molecule has 0 radical (unpaired) electrons. The van der Waals surface area contributed by atoms with Gasteiger partial charge in [-0.15, -0.1) is 0 Å². The minimum Gasteiger partial charge on any atom is -0.508 e. The third kappa shape index (κ3) is 17.5. The smallest absolute Gasteiger partial charge is 0.326 e. The fraction of sp³-hybridized carbons (Fsp3) is 0.431. The lowest BCUT2D eigenvalue weighted by atomic mass is 9.99. The maximum Gasteiger partial charge on any atom is 0.326 e. The van der Waals surface area contributed by atoms with Gasteiger partial charge in [0.25, 0.3) is 0 Å². The summed E-state index contributed by atoms with van der Waals surface area (Å²) in [4.78, 5) is 129. The summed E-state index contributed by atoms with van der Waals surface area (Å²) in [6, 6.07) is 10.3. The normalized spacial score (nSPS) is 21.5. The number of fused-ring (bicyclic) bond motifs is 1. The van der Waals surface area contributed by atoms with Crippen LogP contribution in [0.1, 0.15) is 56.2 Å². The minimum atomic E-state index is -1.59. The molecule has 404 valence electrons. The Hall–Kier alpha value is -7.15. The van der Waals surface area contributed by atoms with Crippen molar-refractivity contribution in [3.05, 3.63) is 102 Å². The zero-order valence-electron chi connectivity index (χ0n) is 41.8. The molecule has 3 aromatic carbocycles. The summed E-state index contributed by atoms with van der Waals surface area (Å²) in [7, 11) is 3.28. The number of carbonyl (C=O) groups is 9. The number of aromatic hydroxyl groups is 1. The van der Waals surface area contributed by atoms with Crippen molar-refractivity contribution < 1.29 is 58.5 Å². The Kier molecular flexibility index (Phi) is 22.3. The molecule has 0 aliphatic carbocycles. The zero-order valence-corrected chi connectivity index (χ0v) is 43.4. The highest BCUT2D eigenvalue weighted by molar-refractivity contribution is 8.76. The molecule has 1 aromatic heterocycles. The first-order chi connectivity index (χ1) is 35.8. The van der Waals surface area contributed by atoms with Crippen LogP contribution in [0.2, 0.25) is 0 Å². The molecule has 0 unspecified atom stereocenters. The standard InChI is InChI=1S/C51H66N10O12S2/c1-28(2)43(51(72)73)60-48(69)40-27-75-74-26-39(58-44(65)34(53)24-42(63)64)47(68)55-36(21-29-11-5-4-6-12-29)45(66)57-38(23-31-25-54-35-14-8-7-13-33(31)35)50(71)61(3)41(15-9-10-20-52)49(70)56-37(46(67)59-40)22-30-16-18-32(62)19-17-30/h4-8,11-14,16-19,25,28,34,36-41,43,54,62H,9-10,15,20-24,26-27,52-53H2,1-3H3,(H,55,68)(H,56,70)(H,57,66)(H,58,65)(H,59,67)(H,60,69)(H,63,64)(H,72,73)/t34-,36-,37-,38-,39-,40-,41-,43-/m0/s1. The zero-order chi connectivity index (χ0) is 54.8. The lowest BCUT2D eigenvalue weighted by Gasteiger charge is -2.33. The molecule has 14 N–H and O–H groups in total. The molecular weight excluding hydrogens is 1010 g/mol. The van der Waals surface area contributed by atoms with Gasteiger partial charge in [0, 0.05) is 54.9 Å². The van der Waals surface area contributed by atoms with E-state index in [2.05, 4.69) is 36.9 Å². The highest BCUT2D eigenvalue weighted by Crippen LogP contribution is 2.25. The Morgan fingerprint density at radius 1 is 0.747 bits per heavy atom. The fourth-order valence-corrected chi connectivity index (χ4v) is 10.6. The van der Waals surface area contributed by atoms with E-state index in [1.165, 1.54) is 36.2 Å². The topological polar surface area (TPSA) is 358 Å². The van der Waals surface area contributed by atoms with Crippen LogP contribution in [0.25, 0.3) is 10.9 Å². The number of aromatic nitrogens is 1. The Morgan fingerprint density at radius 2 is 1.35 bits per heavy atom. The Bertz CT molecular complexity index is 2640. The number of unbranched alkanes of at least 4 members (excludes halogenated alkanes) is 1. The van der Waals surface area contributed by atoms with Crippen LogP contribution in [0.3, 0.4) is 0 Å². The number of rotatable bonds is 18. The van der Waals surface area contributed by atoms with E-state index in [0.29, 0.717) is 29.5 Å². The molecule has 1 fully saturated rings. The molecule has 0 spiro atoms. The number of carbonyl (C=O) groups excluding carboxylic acids is 7. The number of phenols is 1. The van der Waals surface area contributed by atoms with E-state index in [0.717, 1.165) is 32.5 Å². The highest BCUT2D eigenvalue weighted by atomic mass is 33.1. The molecule has 4 aromatic rings. The fourth-order valence-electron chi connectivity index (χ4n) is 8.25. The summed E-state index contributed by atoms with van der Waals surface area (Å²) in [5.41, 5.74) is 14.2. The maximum absolute atomic E-state index is 15.1. The molecule has 7 amide bonds. The molecule has 1 saturated heterocycles. The number of carboxylic acids is 2. The number of nitrogens with one attached hydrogen (secondary N) is 7. The number of carboxylic acid groups (broad SMARTS) is 2. The first-order valence-corrected chi connectivity index (χ1v) is 26.8. The molecule has 5 rings (SSSR count). The van der Waals surface area contributed by atoms with Crippen molar-refractivity contribution in [3.63, 3.8) is 0 Å². The average Bonchev–Trinajstić information content (AvgIpc) is 3.78. The summed E-state index contributed by atoms with van der Waals surface area (Å²) in [5, 5.41) is 46.2. The Morgan fingerprint density at radius 3 is 1.99 bits per heavy atom. The van der Waals surface area contributed by atoms with Gasteiger partial charge in [0.1, 0.15) is 48.0 Å². The van der Waals surface area contributed by atoms with Gasteiger partial charge in [0.05, 0.1) is 12.5 Å². The van der Waals surface area contributed by atoms with E-state index < -0.39 is 114 Å². The number of phenolic OH excluding ortho intramolecular Hbond substituents is 1. The molecule has 1 aliphatic rings. The number of benzene rings is 3. The number of aliphatic carboxylic acids is 2. The van der Waals surface area contributed by atoms with Gasteiger partial charge in [0.2, 0.25) is 41.4 Å². The van der Waals surface area contributed by atoms with E-state index in [4.69, 9.17) is 11.5 Å². The van der Waals surface area contributed by atoms with Gasteiger partial charge in [-0.1, -0.05) is 96.1 Å². The van der Waals surface area contributed by atoms with Crippen LogP contribution in [0.4, 0.5) is 0 Å². The van der Waals surface area contributed by atoms with Gasteiger partial charge in [-0.05, 0) is 66.6 Å². The van der Waals surface area contributed by atoms with Gasteiger partial charge in [-0.3, -0.25) is 38.4 Å². The number of amides is 7. The van der Waals surface area contributed by atoms with Crippen LogP contribution in [0, 0.1) is 5.92 Å². The largest absolute Gasteiger partial charge is 0.508 e. The second kappa shape index (κ2) is 28.5. The maximum atomic E-state index is 15.1. The lowest BCUT2D eigenvalue weighted by Crippen LogP contribution is -2.61. The van der Waals surface area contributed by atoms with Gasteiger partial charge < -0.3 is 68.6 Å². The van der Waals surface area contributed by atoms with E-state index in [1.807, 2.05) is 24.3 Å². The third-order valence-corrected chi connectivity index (χ3v) is 14.9. The SMILES string of the molecule is CC(C)[C@H](NC(=O)[C@@H]1CSSC[C@H](NC(=O)[C@@H](N)CC(=O)O)C(=O)N[C@@H](Cc2ccccc2)C(=O)N[C@@H](Cc2c[nH]c3ccccc23)C(=O)N(C)[C@@H](CCCCN)C(=O)N[C@@H](Cc2ccc(O)cc2)C(=O)N1)C(=O)O. The van der Waals surface area contributed by atoms with Crippen LogP contribution < -0.4 is 43.4 Å². The molecule has 1 aliphatic heterocycles. The summed E-state index contributed by atoms with van der Waals surface area (Å²) in [6.45, 7) is 3.40. The van der Waals surface area contributed by atoms with Crippen LogP contribution in [0.5, 0.6) is 5.75 Å². The number of H-pyrrole nitrogens is 1.